The highest BCUT2D eigenvalue weighted by Gasteiger charge is 2.14. The van der Waals surface area contributed by atoms with Crippen molar-refractivity contribution in [3.8, 4) is 0 Å². The van der Waals surface area contributed by atoms with E-state index in [9.17, 15) is 4.79 Å². The number of nitrogens with zero attached hydrogens (tertiary/aromatic N) is 3. The molecule has 0 aliphatic carbocycles. The van der Waals surface area contributed by atoms with Crippen LogP contribution in [0.3, 0.4) is 0 Å². The molecule has 1 aromatic heterocycles. The van der Waals surface area contributed by atoms with Gasteiger partial charge in [-0.25, -0.2) is 0 Å². The molecule has 0 unspecified atom stereocenters. The van der Waals surface area contributed by atoms with Crippen LogP contribution in [0, 0.1) is 0 Å². The molecular formula is C14H25BrN4O. The number of carbonyl (C=O) groups is 1. The monoisotopic (exact) mass is 344 g/mol. The van der Waals surface area contributed by atoms with Crippen LogP contribution in [-0.4, -0.2) is 40.2 Å². The van der Waals surface area contributed by atoms with E-state index in [1.165, 1.54) is 0 Å². The van der Waals surface area contributed by atoms with Crippen molar-refractivity contribution in [2.75, 3.05) is 19.6 Å². The summed E-state index contributed by atoms with van der Waals surface area (Å²) >= 11 is 3.61. The van der Waals surface area contributed by atoms with E-state index < -0.39 is 0 Å². The number of nitrogens with one attached hydrogen (secondary N) is 1. The highest BCUT2D eigenvalue weighted by Crippen LogP contribution is 2.22. The van der Waals surface area contributed by atoms with E-state index in [2.05, 4.69) is 40.2 Å². The number of likely N-dealkylation sites (N-methyl/N-ethyl adjacent to an activating group) is 1. The first-order valence-corrected chi connectivity index (χ1v) is 8.10. The van der Waals surface area contributed by atoms with Crippen molar-refractivity contribution in [2.24, 2.45) is 0 Å². The van der Waals surface area contributed by atoms with Gasteiger partial charge in [-0.05, 0) is 43.1 Å². The van der Waals surface area contributed by atoms with Gasteiger partial charge in [0.25, 0.3) is 0 Å². The number of aryl methyl sites for hydroxylation is 2. The molecule has 1 N–H and O–H groups in total. The van der Waals surface area contributed by atoms with Gasteiger partial charge in [-0.15, -0.1) is 0 Å². The highest BCUT2D eigenvalue weighted by molar-refractivity contribution is 9.10. The zero-order chi connectivity index (χ0) is 15.1. The molecule has 0 spiro atoms. The lowest BCUT2D eigenvalue weighted by Gasteiger charge is -2.18. The van der Waals surface area contributed by atoms with Crippen molar-refractivity contribution in [1.29, 1.82) is 0 Å². The smallest absolute Gasteiger partial charge is 0.236 e. The fraction of sp³-hybridized carbons (Fsp3) is 0.714. The van der Waals surface area contributed by atoms with E-state index in [1.54, 1.807) is 0 Å². The summed E-state index contributed by atoms with van der Waals surface area (Å²) in [6.45, 7) is 11.5. The molecule has 0 aromatic carbocycles. The molecule has 0 saturated carbocycles. The number of rotatable bonds is 8. The maximum atomic E-state index is 11.9. The third kappa shape index (κ3) is 4.06. The summed E-state index contributed by atoms with van der Waals surface area (Å²) in [6, 6.07) is 0. The Morgan fingerprint density at radius 1 is 1.30 bits per heavy atom. The lowest BCUT2D eigenvalue weighted by atomic mass is 10.3. The van der Waals surface area contributed by atoms with Gasteiger partial charge in [0.15, 0.2) is 0 Å². The molecule has 5 nitrogen and oxygen atoms in total. The van der Waals surface area contributed by atoms with Gasteiger partial charge >= 0.3 is 0 Å². The summed E-state index contributed by atoms with van der Waals surface area (Å²) in [6.07, 6.45) is 0.902. The molecule has 0 atom stereocenters. The molecule has 1 amide bonds. The largest absolute Gasteiger partial charge is 0.342 e. The molecule has 0 saturated heterocycles. The number of hydrogen-bond donors (Lipinski definition) is 1. The highest BCUT2D eigenvalue weighted by atomic mass is 79.9. The zero-order valence-corrected chi connectivity index (χ0v) is 14.5. The second-order valence-corrected chi connectivity index (χ2v) is 5.34. The molecule has 6 heteroatoms. The first kappa shape index (κ1) is 17.2. The zero-order valence-electron chi connectivity index (χ0n) is 12.9. The van der Waals surface area contributed by atoms with E-state index in [1.807, 2.05) is 23.4 Å². The van der Waals surface area contributed by atoms with Gasteiger partial charge in [0, 0.05) is 26.2 Å². The molecule has 1 heterocycles. The standard InChI is InChI=1S/C14H25BrN4O/c1-5-11-14(15)12(19(8-4)17-11)9-16-10-13(20)18(6-2)7-3/h16H,5-10H2,1-4H3. The minimum Gasteiger partial charge on any atom is -0.342 e. The van der Waals surface area contributed by atoms with Gasteiger partial charge < -0.3 is 10.2 Å². The SMILES string of the molecule is CCc1nn(CC)c(CNCC(=O)N(CC)CC)c1Br. The summed E-state index contributed by atoms with van der Waals surface area (Å²) in [7, 11) is 0. The lowest BCUT2D eigenvalue weighted by Crippen LogP contribution is -2.37. The van der Waals surface area contributed by atoms with Gasteiger partial charge in [0.2, 0.25) is 5.91 Å². The fourth-order valence-electron chi connectivity index (χ4n) is 2.16. The number of hydrogen-bond acceptors (Lipinski definition) is 3. The maximum absolute atomic E-state index is 11.9. The summed E-state index contributed by atoms with van der Waals surface area (Å²) in [5.74, 6) is 0.143. The molecule has 114 valence electrons. The van der Waals surface area contributed by atoms with Crippen molar-refractivity contribution in [2.45, 2.75) is 47.2 Å². The van der Waals surface area contributed by atoms with Crippen LogP contribution in [0.4, 0.5) is 0 Å². The van der Waals surface area contributed by atoms with Crippen LogP contribution in [0.5, 0.6) is 0 Å². The molecule has 0 bridgehead atoms. The number of amides is 1. The average molecular weight is 345 g/mol. The van der Waals surface area contributed by atoms with Gasteiger partial charge in [-0.2, -0.15) is 5.10 Å². The quantitative estimate of drug-likeness (QED) is 0.786. The topological polar surface area (TPSA) is 50.2 Å². The van der Waals surface area contributed by atoms with E-state index in [-0.39, 0.29) is 5.91 Å². The van der Waals surface area contributed by atoms with Crippen LogP contribution in [-0.2, 0) is 24.3 Å². The van der Waals surface area contributed by atoms with Crippen molar-refractivity contribution in [3.05, 3.63) is 15.9 Å². The Labute approximate surface area is 129 Å². The van der Waals surface area contributed by atoms with Gasteiger partial charge in [-0.1, -0.05) is 6.92 Å². The molecule has 20 heavy (non-hydrogen) atoms. The minimum atomic E-state index is 0.143. The molecule has 1 aromatic rings. The van der Waals surface area contributed by atoms with Crippen LogP contribution < -0.4 is 5.32 Å². The normalized spacial score (nSPS) is 10.8. The van der Waals surface area contributed by atoms with E-state index in [0.717, 1.165) is 41.9 Å². The number of aromatic nitrogens is 2. The summed E-state index contributed by atoms with van der Waals surface area (Å²) in [4.78, 5) is 13.8. The molecule has 0 fully saturated rings. The van der Waals surface area contributed by atoms with E-state index in [0.29, 0.717) is 13.1 Å². The van der Waals surface area contributed by atoms with Gasteiger partial charge in [-0.3, -0.25) is 9.48 Å². The molecule has 0 aliphatic rings. The van der Waals surface area contributed by atoms with Crippen LogP contribution in [0.2, 0.25) is 0 Å². The number of carbonyl (C=O) groups excluding carboxylic acids is 1. The van der Waals surface area contributed by atoms with Crippen molar-refractivity contribution >= 4 is 21.8 Å². The van der Waals surface area contributed by atoms with Crippen LogP contribution in [0.25, 0.3) is 0 Å². The Hall–Kier alpha value is -0.880. The third-order valence-corrected chi connectivity index (χ3v) is 4.29. The first-order chi connectivity index (χ1) is 9.58. The molecule has 0 aliphatic heterocycles. The van der Waals surface area contributed by atoms with Crippen molar-refractivity contribution < 1.29 is 4.79 Å². The molecule has 1 rings (SSSR count). The average Bonchev–Trinajstić information content (AvgIpc) is 2.76. The van der Waals surface area contributed by atoms with Gasteiger partial charge in [0.1, 0.15) is 0 Å². The second kappa shape index (κ2) is 8.42. The fourth-order valence-corrected chi connectivity index (χ4v) is 2.87. The molecule has 0 radical (unpaired) electrons. The van der Waals surface area contributed by atoms with Crippen molar-refractivity contribution in [1.82, 2.24) is 20.0 Å². The predicted molar refractivity (Wildman–Crippen MR) is 84.6 cm³/mol. The minimum absolute atomic E-state index is 0.143. The van der Waals surface area contributed by atoms with Crippen LogP contribution in [0.15, 0.2) is 4.47 Å². The van der Waals surface area contributed by atoms with Gasteiger partial charge in [0.05, 0.1) is 22.4 Å². The Morgan fingerprint density at radius 3 is 2.45 bits per heavy atom. The number of halogens is 1. The summed E-state index contributed by atoms with van der Waals surface area (Å²) in [5.41, 5.74) is 2.18. The Bertz CT molecular complexity index is 441. The summed E-state index contributed by atoms with van der Waals surface area (Å²) in [5, 5.41) is 7.77. The van der Waals surface area contributed by atoms with E-state index in [4.69, 9.17) is 0 Å². The molecular weight excluding hydrogens is 320 g/mol. The summed E-state index contributed by atoms with van der Waals surface area (Å²) < 4.78 is 3.04. The predicted octanol–water partition coefficient (Wildman–Crippen LogP) is 2.19. The Kier molecular flexibility index (Phi) is 7.23. The third-order valence-electron chi connectivity index (χ3n) is 3.38. The Balaban J connectivity index is 2.62. The maximum Gasteiger partial charge on any atom is 0.236 e. The first-order valence-electron chi connectivity index (χ1n) is 7.31. The van der Waals surface area contributed by atoms with Crippen LogP contribution in [0.1, 0.15) is 39.1 Å². The van der Waals surface area contributed by atoms with E-state index >= 15 is 0 Å². The lowest BCUT2D eigenvalue weighted by molar-refractivity contribution is -0.129. The Morgan fingerprint density at radius 2 is 1.95 bits per heavy atom. The second-order valence-electron chi connectivity index (χ2n) is 4.55. The van der Waals surface area contributed by atoms with Crippen LogP contribution >= 0.6 is 15.9 Å². The van der Waals surface area contributed by atoms with Crippen molar-refractivity contribution in [3.63, 3.8) is 0 Å².